The van der Waals surface area contributed by atoms with Crippen LogP contribution < -0.4 is 10.5 Å². The molecule has 0 saturated carbocycles. The highest BCUT2D eigenvalue weighted by atomic mass is 19.4. The van der Waals surface area contributed by atoms with Crippen molar-refractivity contribution in [3.8, 4) is 5.75 Å². The van der Waals surface area contributed by atoms with Crippen LogP contribution in [0.3, 0.4) is 0 Å². The van der Waals surface area contributed by atoms with Crippen LogP contribution in [-0.4, -0.2) is 17.1 Å². The number of halogens is 3. The highest BCUT2D eigenvalue weighted by Crippen LogP contribution is 2.24. The lowest BCUT2D eigenvalue weighted by atomic mass is 10.0. The zero-order valence-corrected chi connectivity index (χ0v) is 10.7. The highest BCUT2D eigenvalue weighted by Gasteiger charge is 2.31. The molecule has 4 nitrogen and oxygen atoms in total. The Bertz CT molecular complexity index is 657. The molecule has 2 aromatic rings. The van der Waals surface area contributed by atoms with Gasteiger partial charge in [-0.2, -0.15) is 0 Å². The van der Waals surface area contributed by atoms with Crippen LogP contribution in [0.5, 0.6) is 5.75 Å². The molecule has 21 heavy (non-hydrogen) atoms. The van der Waals surface area contributed by atoms with E-state index in [1.807, 2.05) is 0 Å². The van der Waals surface area contributed by atoms with Gasteiger partial charge in [-0.1, -0.05) is 12.1 Å². The third-order valence-electron chi connectivity index (χ3n) is 2.62. The minimum absolute atomic E-state index is 0.0888. The van der Waals surface area contributed by atoms with E-state index in [4.69, 9.17) is 5.73 Å². The van der Waals surface area contributed by atoms with Crippen LogP contribution in [0.25, 0.3) is 0 Å². The minimum atomic E-state index is -4.80. The van der Waals surface area contributed by atoms with Gasteiger partial charge < -0.3 is 10.5 Å². The van der Waals surface area contributed by atoms with E-state index in [1.165, 1.54) is 30.5 Å². The Morgan fingerprint density at radius 3 is 2.57 bits per heavy atom. The molecule has 0 bridgehead atoms. The van der Waals surface area contributed by atoms with Crippen LogP contribution >= 0.6 is 0 Å². The number of ether oxygens (including phenoxy) is 1. The second-order valence-electron chi connectivity index (χ2n) is 4.14. The first-order valence-corrected chi connectivity index (χ1v) is 5.94. The number of hydrogen-bond donors (Lipinski definition) is 1. The van der Waals surface area contributed by atoms with Crippen LogP contribution in [0.4, 0.5) is 13.2 Å². The Morgan fingerprint density at radius 1 is 1.19 bits per heavy atom. The molecule has 0 unspecified atom stereocenters. The average molecular weight is 296 g/mol. The lowest BCUT2D eigenvalue weighted by Gasteiger charge is -2.09. The molecule has 0 amide bonds. The number of pyridine rings is 1. The third kappa shape index (κ3) is 4.03. The van der Waals surface area contributed by atoms with E-state index in [-0.39, 0.29) is 12.1 Å². The molecule has 0 atom stereocenters. The average Bonchev–Trinajstić information content (AvgIpc) is 2.45. The lowest BCUT2D eigenvalue weighted by molar-refractivity contribution is -0.274. The molecular formula is C14H11F3N2O2. The molecule has 1 aromatic heterocycles. The fourth-order valence-electron chi connectivity index (χ4n) is 1.73. The van der Waals surface area contributed by atoms with E-state index < -0.39 is 17.9 Å². The summed E-state index contributed by atoms with van der Waals surface area (Å²) in [5.41, 5.74) is 6.34. The third-order valence-corrected chi connectivity index (χ3v) is 2.62. The van der Waals surface area contributed by atoms with Gasteiger partial charge in [0.2, 0.25) is 0 Å². The van der Waals surface area contributed by atoms with E-state index in [0.29, 0.717) is 11.3 Å². The number of carbonyl (C=O) groups excluding carboxylic acids is 1. The fourth-order valence-corrected chi connectivity index (χ4v) is 1.73. The monoisotopic (exact) mass is 296 g/mol. The van der Waals surface area contributed by atoms with Crippen molar-refractivity contribution >= 4 is 5.78 Å². The maximum Gasteiger partial charge on any atom is 0.573 e. The molecule has 0 saturated heterocycles. The first-order chi connectivity index (χ1) is 9.89. The Balaban J connectivity index is 2.28. The number of rotatable bonds is 4. The van der Waals surface area contributed by atoms with Gasteiger partial charge in [0.15, 0.2) is 5.78 Å². The molecule has 2 rings (SSSR count). The van der Waals surface area contributed by atoms with Crippen molar-refractivity contribution in [1.82, 2.24) is 4.98 Å². The SMILES string of the molecule is NCc1cc(C(=O)c2cccc(OC(F)(F)F)c2)ccn1. The summed E-state index contributed by atoms with van der Waals surface area (Å²) in [4.78, 5) is 16.2. The normalized spacial score (nSPS) is 11.2. The zero-order chi connectivity index (χ0) is 15.5. The quantitative estimate of drug-likeness (QED) is 0.881. The summed E-state index contributed by atoms with van der Waals surface area (Å²) in [5.74, 6) is -0.874. The van der Waals surface area contributed by atoms with Crippen molar-refractivity contribution in [1.29, 1.82) is 0 Å². The second kappa shape index (κ2) is 5.92. The number of ketones is 1. The van der Waals surface area contributed by atoms with Gasteiger partial charge in [0.05, 0.1) is 5.69 Å². The maximum atomic E-state index is 12.2. The Labute approximate surface area is 118 Å². The van der Waals surface area contributed by atoms with Crippen molar-refractivity contribution in [2.75, 3.05) is 0 Å². The van der Waals surface area contributed by atoms with E-state index in [2.05, 4.69) is 9.72 Å². The van der Waals surface area contributed by atoms with Gasteiger partial charge in [0, 0.05) is 23.9 Å². The van der Waals surface area contributed by atoms with Crippen LogP contribution in [-0.2, 0) is 6.54 Å². The van der Waals surface area contributed by atoms with Crippen LogP contribution in [0.1, 0.15) is 21.6 Å². The van der Waals surface area contributed by atoms with Crippen molar-refractivity contribution in [3.63, 3.8) is 0 Å². The Morgan fingerprint density at radius 2 is 1.90 bits per heavy atom. The van der Waals surface area contributed by atoms with Gasteiger partial charge in [-0.15, -0.1) is 13.2 Å². The molecule has 0 radical (unpaired) electrons. The molecule has 1 heterocycles. The topological polar surface area (TPSA) is 65.2 Å². The molecule has 1 aromatic carbocycles. The minimum Gasteiger partial charge on any atom is -0.406 e. The smallest absolute Gasteiger partial charge is 0.406 e. The predicted octanol–water partition coefficient (Wildman–Crippen LogP) is 2.67. The van der Waals surface area contributed by atoms with Crippen molar-refractivity contribution in [2.45, 2.75) is 12.9 Å². The first-order valence-electron chi connectivity index (χ1n) is 5.94. The highest BCUT2D eigenvalue weighted by molar-refractivity contribution is 6.09. The summed E-state index contributed by atoms with van der Waals surface area (Å²) in [5, 5.41) is 0. The molecule has 0 aliphatic heterocycles. The zero-order valence-electron chi connectivity index (χ0n) is 10.7. The van der Waals surface area contributed by atoms with Gasteiger partial charge in [-0.25, -0.2) is 0 Å². The van der Waals surface area contributed by atoms with Gasteiger partial charge in [0.25, 0.3) is 0 Å². The molecule has 7 heteroatoms. The molecule has 0 aliphatic carbocycles. The van der Waals surface area contributed by atoms with Crippen molar-refractivity contribution in [3.05, 3.63) is 59.4 Å². The molecule has 0 fully saturated rings. The fraction of sp³-hybridized carbons (Fsp3) is 0.143. The number of alkyl halides is 3. The molecule has 2 N–H and O–H groups in total. The molecule has 110 valence electrons. The van der Waals surface area contributed by atoms with Gasteiger partial charge >= 0.3 is 6.36 Å². The second-order valence-corrected chi connectivity index (χ2v) is 4.14. The molecular weight excluding hydrogens is 285 g/mol. The Kier molecular flexibility index (Phi) is 4.23. The first kappa shape index (κ1) is 15.0. The van der Waals surface area contributed by atoms with Gasteiger partial charge in [-0.05, 0) is 24.3 Å². The number of nitrogens with two attached hydrogens (primary N) is 1. The number of hydrogen-bond acceptors (Lipinski definition) is 4. The van der Waals surface area contributed by atoms with E-state index in [1.54, 1.807) is 0 Å². The number of nitrogens with zero attached hydrogens (tertiary/aromatic N) is 1. The van der Waals surface area contributed by atoms with Crippen molar-refractivity contribution < 1.29 is 22.7 Å². The summed E-state index contributed by atoms with van der Waals surface area (Å²) in [6.45, 7) is 0.165. The van der Waals surface area contributed by atoms with Crippen LogP contribution in [0.2, 0.25) is 0 Å². The summed E-state index contributed by atoms with van der Waals surface area (Å²) in [6, 6.07) is 7.87. The molecule has 0 spiro atoms. The standard InChI is InChI=1S/C14H11F3N2O2/c15-14(16,17)21-12-3-1-2-9(7-12)13(20)10-4-5-19-11(6-10)8-18/h1-7H,8,18H2. The van der Waals surface area contributed by atoms with Crippen LogP contribution in [0, 0.1) is 0 Å². The van der Waals surface area contributed by atoms with Crippen molar-refractivity contribution in [2.24, 2.45) is 5.73 Å². The number of benzene rings is 1. The van der Waals surface area contributed by atoms with E-state index in [0.717, 1.165) is 12.1 Å². The van der Waals surface area contributed by atoms with E-state index in [9.17, 15) is 18.0 Å². The summed E-state index contributed by atoms with van der Waals surface area (Å²) >= 11 is 0. The molecule has 0 aliphatic rings. The maximum absolute atomic E-state index is 12.2. The lowest BCUT2D eigenvalue weighted by Crippen LogP contribution is -2.17. The largest absolute Gasteiger partial charge is 0.573 e. The summed E-state index contributed by atoms with van der Waals surface area (Å²) in [7, 11) is 0. The number of carbonyl (C=O) groups is 1. The van der Waals surface area contributed by atoms with Gasteiger partial charge in [-0.3, -0.25) is 9.78 Å². The Hall–Kier alpha value is -2.41. The summed E-state index contributed by atoms with van der Waals surface area (Å²) < 4.78 is 40.3. The number of aromatic nitrogens is 1. The van der Waals surface area contributed by atoms with E-state index >= 15 is 0 Å². The van der Waals surface area contributed by atoms with Crippen LogP contribution in [0.15, 0.2) is 42.6 Å². The summed E-state index contributed by atoms with van der Waals surface area (Å²) in [6.07, 6.45) is -3.38. The predicted molar refractivity (Wildman–Crippen MR) is 68.7 cm³/mol. The van der Waals surface area contributed by atoms with Gasteiger partial charge in [0.1, 0.15) is 5.75 Å².